The van der Waals surface area contributed by atoms with Gasteiger partial charge in [-0.3, -0.25) is 9.69 Å². The minimum absolute atomic E-state index is 0.223. The minimum atomic E-state index is -1.42. The second-order valence-electron chi connectivity index (χ2n) is 7.80. The van der Waals surface area contributed by atoms with E-state index in [1.54, 1.807) is 6.26 Å². The van der Waals surface area contributed by atoms with E-state index in [0.717, 1.165) is 25.8 Å². The predicted molar refractivity (Wildman–Crippen MR) is 103 cm³/mol. The molecule has 0 aromatic rings. The minimum Gasteiger partial charge on any atom is -0.391 e. The van der Waals surface area contributed by atoms with Crippen LogP contribution in [-0.2, 0) is 9.53 Å². The van der Waals surface area contributed by atoms with Crippen LogP contribution in [0.2, 0.25) is 0 Å². The zero-order valence-electron chi connectivity index (χ0n) is 16.5. The molecule has 0 saturated carbocycles. The summed E-state index contributed by atoms with van der Waals surface area (Å²) in [5.74, 6) is 0.245. The number of amides is 1. The highest BCUT2D eigenvalue weighted by Gasteiger charge is 2.48. The number of nitrogens with zero attached hydrogens (tertiary/aromatic N) is 1. The topological polar surface area (TPSA) is 122 Å². The Morgan fingerprint density at radius 1 is 1.30 bits per heavy atom. The largest absolute Gasteiger partial charge is 0.391 e. The molecule has 27 heavy (non-hydrogen) atoms. The van der Waals surface area contributed by atoms with Crippen molar-refractivity contribution >= 4 is 17.7 Å². The van der Waals surface area contributed by atoms with E-state index in [0.29, 0.717) is 5.92 Å². The van der Waals surface area contributed by atoms with E-state index >= 15 is 0 Å². The molecule has 2 heterocycles. The summed E-state index contributed by atoms with van der Waals surface area (Å²) in [6.45, 7) is 4.48. The van der Waals surface area contributed by atoms with E-state index < -0.39 is 42.0 Å². The number of ether oxygens (including phenoxy) is 1. The third-order valence-corrected chi connectivity index (χ3v) is 6.51. The fourth-order valence-corrected chi connectivity index (χ4v) is 4.81. The maximum absolute atomic E-state index is 12.8. The molecule has 1 amide bonds. The van der Waals surface area contributed by atoms with Gasteiger partial charge in [0, 0.05) is 6.54 Å². The lowest BCUT2D eigenvalue weighted by molar-refractivity contribution is -0.211. The number of likely N-dealkylation sites (N-methyl/N-ethyl adjacent to an activating group) is 1. The fourth-order valence-electron chi connectivity index (χ4n) is 4.13. The van der Waals surface area contributed by atoms with Crippen molar-refractivity contribution in [3.05, 3.63) is 0 Å². The molecule has 0 radical (unpaired) electrons. The number of hydrogen-bond acceptors (Lipinski definition) is 8. The Bertz CT molecular complexity index is 494. The van der Waals surface area contributed by atoms with Gasteiger partial charge >= 0.3 is 0 Å². The third-order valence-electron chi connectivity index (χ3n) is 5.66. The van der Waals surface area contributed by atoms with E-state index in [9.17, 15) is 25.2 Å². The zero-order valence-corrected chi connectivity index (χ0v) is 17.3. The number of likely N-dealkylation sites (tertiary alicyclic amines) is 1. The lowest BCUT2D eigenvalue weighted by Crippen LogP contribution is -2.65. The van der Waals surface area contributed by atoms with Crippen molar-refractivity contribution in [2.45, 2.75) is 81.1 Å². The summed E-state index contributed by atoms with van der Waals surface area (Å²) >= 11 is 1.20. The molecular formula is C18H34N2O6S. The van der Waals surface area contributed by atoms with Crippen molar-refractivity contribution in [3.8, 4) is 0 Å². The van der Waals surface area contributed by atoms with Gasteiger partial charge in [-0.25, -0.2) is 0 Å². The molecule has 9 heteroatoms. The summed E-state index contributed by atoms with van der Waals surface area (Å²) in [6, 6.07) is -1.20. The zero-order chi connectivity index (χ0) is 20.3. The first-order chi connectivity index (χ1) is 12.7. The van der Waals surface area contributed by atoms with Gasteiger partial charge in [0.2, 0.25) is 5.91 Å². The molecule has 2 saturated heterocycles. The van der Waals surface area contributed by atoms with Gasteiger partial charge in [-0.1, -0.05) is 13.3 Å². The number of carbonyl (C=O) groups excluding carboxylic acids is 1. The highest BCUT2D eigenvalue weighted by atomic mass is 32.2. The Morgan fingerprint density at radius 3 is 2.52 bits per heavy atom. The second-order valence-corrected chi connectivity index (χ2v) is 8.73. The molecule has 0 aromatic heterocycles. The van der Waals surface area contributed by atoms with Gasteiger partial charge in [-0.15, -0.1) is 11.8 Å². The monoisotopic (exact) mass is 406 g/mol. The number of aliphatic hydroxyl groups is 4. The lowest BCUT2D eigenvalue weighted by atomic mass is 9.92. The van der Waals surface area contributed by atoms with E-state index in [1.165, 1.54) is 18.7 Å². The van der Waals surface area contributed by atoms with Crippen LogP contribution in [0.4, 0.5) is 0 Å². The highest BCUT2D eigenvalue weighted by molar-refractivity contribution is 7.99. The SMILES string of the molecule is CCCC1C[C@H](C(=O)N[C@@H](C2OC(SC)[C@@H](O)[C@@H](O)[C@@H]2O)[C@@H](C)O)N(C)C1. The molecule has 0 spiro atoms. The van der Waals surface area contributed by atoms with Crippen molar-refractivity contribution in [1.29, 1.82) is 0 Å². The van der Waals surface area contributed by atoms with Crippen LogP contribution >= 0.6 is 11.8 Å². The standard InChI is InChI=1S/C18H34N2O6S/c1-5-6-10-7-11(20(3)8-10)17(25)19-12(9(2)21)16-14(23)13(22)15(24)18(26-16)27-4/h9-16,18,21-24H,5-8H2,1-4H3,(H,19,25)/t9-,10?,11-,12-,13+,14+,15+,16?,18?/m1/s1. The number of hydrogen-bond donors (Lipinski definition) is 5. The summed E-state index contributed by atoms with van der Waals surface area (Å²) in [4.78, 5) is 14.9. The molecule has 0 bridgehead atoms. The van der Waals surface area contributed by atoms with Gasteiger partial charge in [0.05, 0.1) is 18.2 Å². The second kappa shape index (κ2) is 9.87. The normalized spacial score (nSPS) is 39.9. The molecule has 158 valence electrons. The number of thioether (sulfide) groups is 1. The van der Waals surface area contributed by atoms with Crippen LogP contribution in [0.25, 0.3) is 0 Å². The van der Waals surface area contributed by atoms with Crippen LogP contribution in [-0.4, -0.2) is 99.1 Å². The first kappa shape index (κ1) is 22.9. The molecule has 0 aromatic carbocycles. The molecule has 8 nitrogen and oxygen atoms in total. The maximum Gasteiger partial charge on any atom is 0.237 e. The van der Waals surface area contributed by atoms with Gasteiger partial charge in [0.15, 0.2) is 0 Å². The quantitative estimate of drug-likeness (QED) is 0.370. The molecule has 2 fully saturated rings. The van der Waals surface area contributed by atoms with Crippen molar-refractivity contribution in [2.75, 3.05) is 19.8 Å². The van der Waals surface area contributed by atoms with Crippen LogP contribution in [0, 0.1) is 5.92 Å². The molecule has 5 N–H and O–H groups in total. The fraction of sp³-hybridized carbons (Fsp3) is 0.944. The smallest absolute Gasteiger partial charge is 0.237 e. The summed E-state index contributed by atoms with van der Waals surface area (Å²) in [5.41, 5.74) is -0.755. The maximum atomic E-state index is 12.8. The number of rotatable bonds is 7. The van der Waals surface area contributed by atoms with Crippen LogP contribution < -0.4 is 5.32 Å². The molecule has 0 aliphatic carbocycles. The van der Waals surface area contributed by atoms with Crippen molar-refractivity contribution < 1.29 is 30.0 Å². The van der Waals surface area contributed by atoms with Gasteiger partial charge in [0.1, 0.15) is 29.9 Å². The molecule has 9 atom stereocenters. The van der Waals surface area contributed by atoms with E-state index in [-0.39, 0.29) is 11.9 Å². The van der Waals surface area contributed by atoms with E-state index in [4.69, 9.17) is 4.74 Å². The Labute approximate surface area is 165 Å². The van der Waals surface area contributed by atoms with Crippen LogP contribution in [0.1, 0.15) is 33.1 Å². The predicted octanol–water partition coefficient (Wildman–Crippen LogP) is -0.857. The van der Waals surface area contributed by atoms with E-state index in [2.05, 4.69) is 12.2 Å². The summed E-state index contributed by atoms with van der Waals surface area (Å²) < 4.78 is 5.72. The molecular weight excluding hydrogens is 372 g/mol. The summed E-state index contributed by atoms with van der Waals surface area (Å²) in [6.07, 6.45) is -1.50. The Kier molecular flexibility index (Phi) is 8.35. The van der Waals surface area contributed by atoms with E-state index in [1.807, 2.05) is 11.9 Å². The molecule has 2 rings (SSSR count). The van der Waals surface area contributed by atoms with Gasteiger partial charge in [-0.2, -0.15) is 0 Å². The summed E-state index contributed by atoms with van der Waals surface area (Å²) in [5, 5.41) is 43.5. The molecule has 3 unspecified atom stereocenters. The lowest BCUT2D eigenvalue weighted by Gasteiger charge is -2.44. The highest BCUT2D eigenvalue weighted by Crippen LogP contribution is 2.30. The third kappa shape index (κ3) is 5.14. The average Bonchev–Trinajstić information content (AvgIpc) is 2.99. The summed E-state index contributed by atoms with van der Waals surface area (Å²) in [7, 11) is 1.91. The van der Waals surface area contributed by atoms with Crippen molar-refractivity contribution in [1.82, 2.24) is 10.2 Å². The molecule has 2 aliphatic rings. The van der Waals surface area contributed by atoms with Gasteiger partial charge in [-0.05, 0) is 39.0 Å². The Morgan fingerprint density at radius 2 is 1.96 bits per heavy atom. The van der Waals surface area contributed by atoms with Crippen LogP contribution in [0.3, 0.4) is 0 Å². The number of carbonyl (C=O) groups is 1. The van der Waals surface area contributed by atoms with Gasteiger partial charge in [0.25, 0.3) is 0 Å². The molecule has 2 aliphatic heterocycles. The van der Waals surface area contributed by atoms with Crippen LogP contribution in [0.15, 0.2) is 0 Å². The number of nitrogens with one attached hydrogen (secondary N) is 1. The van der Waals surface area contributed by atoms with Crippen molar-refractivity contribution in [3.63, 3.8) is 0 Å². The van der Waals surface area contributed by atoms with Crippen LogP contribution in [0.5, 0.6) is 0 Å². The Hall–Kier alpha value is -0.420. The Balaban J connectivity index is 2.09. The van der Waals surface area contributed by atoms with Crippen molar-refractivity contribution in [2.24, 2.45) is 5.92 Å². The first-order valence-corrected chi connectivity index (χ1v) is 10.9. The first-order valence-electron chi connectivity index (χ1n) is 9.62. The van der Waals surface area contributed by atoms with Gasteiger partial charge < -0.3 is 30.5 Å². The number of aliphatic hydroxyl groups excluding tert-OH is 4. The average molecular weight is 407 g/mol.